The van der Waals surface area contributed by atoms with Crippen LogP contribution in [0.25, 0.3) is 11.1 Å². The maximum atomic E-state index is 6.19. The zero-order chi connectivity index (χ0) is 14.2. The summed E-state index contributed by atoms with van der Waals surface area (Å²) in [5.41, 5.74) is 4.97. The van der Waals surface area contributed by atoms with Crippen molar-refractivity contribution in [1.29, 1.82) is 0 Å². The Morgan fingerprint density at radius 1 is 1.14 bits per heavy atom. The molecule has 0 bridgehead atoms. The monoisotopic (exact) mass is 299 g/mol. The zero-order valence-electron chi connectivity index (χ0n) is 11.9. The second-order valence-corrected chi connectivity index (χ2v) is 6.29. The molecule has 4 rings (SSSR count). The van der Waals surface area contributed by atoms with Crippen molar-refractivity contribution in [3.63, 3.8) is 0 Å². The first-order chi connectivity index (χ1) is 10.3. The smallest absolute Gasteiger partial charge is 0.130 e. The van der Waals surface area contributed by atoms with Gasteiger partial charge in [-0.25, -0.2) is 0 Å². The quantitative estimate of drug-likeness (QED) is 0.914. The van der Waals surface area contributed by atoms with E-state index >= 15 is 0 Å². The van der Waals surface area contributed by atoms with Crippen LogP contribution in [-0.2, 0) is 13.0 Å². The molecule has 0 amide bonds. The van der Waals surface area contributed by atoms with Crippen LogP contribution in [0.5, 0.6) is 5.75 Å². The van der Waals surface area contributed by atoms with Crippen molar-refractivity contribution in [3.05, 3.63) is 52.5 Å². The van der Waals surface area contributed by atoms with Crippen LogP contribution in [0.4, 0.5) is 0 Å². The molecule has 0 spiro atoms. The minimum atomic E-state index is 0.689. The number of ether oxygens (including phenoxy) is 1. The summed E-state index contributed by atoms with van der Waals surface area (Å²) in [7, 11) is 0. The van der Waals surface area contributed by atoms with Gasteiger partial charge >= 0.3 is 0 Å². The van der Waals surface area contributed by atoms with E-state index in [9.17, 15) is 0 Å². The number of nitrogens with one attached hydrogen (secondary N) is 1. The molecular formula is C18H18ClNO. The van der Waals surface area contributed by atoms with Gasteiger partial charge in [-0.2, -0.15) is 0 Å². The molecule has 0 aromatic heterocycles. The summed E-state index contributed by atoms with van der Waals surface area (Å²) in [6.07, 6.45) is 3.59. The van der Waals surface area contributed by atoms with Gasteiger partial charge in [-0.1, -0.05) is 35.9 Å². The topological polar surface area (TPSA) is 21.3 Å². The lowest BCUT2D eigenvalue weighted by Crippen LogP contribution is -2.15. The van der Waals surface area contributed by atoms with E-state index in [0.717, 1.165) is 30.3 Å². The first kappa shape index (κ1) is 13.2. The van der Waals surface area contributed by atoms with E-state index in [4.69, 9.17) is 16.3 Å². The Kier molecular flexibility index (Phi) is 3.36. The van der Waals surface area contributed by atoms with E-state index in [0.29, 0.717) is 6.04 Å². The van der Waals surface area contributed by atoms with Crippen LogP contribution in [-0.4, -0.2) is 12.6 Å². The SMILES string of the molecule is Clc1ccc(-c2cccc3c2OCC3)c(CNC2CC2)c1. The number of halogens is 1. The molecule has 2 nitrogen and oxygen atoms in total. The first-order valence-electron chi connectivity index (χ1n) is 7.58. The van der Waals surface area contributed by atoms with E-state index in [-0.39, 0.29) is 0 Å². The summed E-state index contributed by atoms with van der Waals surface area (Å²) >= 11 is 6.19. The zero-order valence-corrected chi connectivity index (χ0v) is 12.6. The number of rotatable bonds is 4. The summed E-state index contributed by atoms with van der Waals surface area (Å²) in [5, 5.41) is 4.37. The minimum absolute atomic E-state index is 0.689. The summed E-state index contributed by atoms with van der Waals surface area (Å²) in [6.45, 7) is 1.65. The molecule has 1 aliphatic heterocycles. The molecule has 2 aromatic carbocycles. The Morgan fingerprint density at radius 2 is 2.05 bits per heavy atom. The van der Waals surface area contributed by atoms with Crippen LogP contribution in [0.3, 0.4) is 0 Å². The van der Waals surface area contributed by atoms with Crippen molar-refractivity contribution in [3.8, 4) is 16.9 Å². The Balaban J connectivity index is 1.75. The van der Waals surface area contributed by atoms with Gasteiger partial charge in [0.2, 0.25) is 0 Å². The molecule has 1 saturated carbocycles. The second kappa shape index (κ2) is 5.36. The predicted molar refractivity (Wildman–Crippen MR) is 85.9 cm³/mol. The van der Waals surface area contributed by atoms with Gasteiger partial charge in [0.05, 0.1) is 6.61 Å². The van der Waals surface area contributed by atoms with Crippen LogP contribution >= 0.6 is 11.6 Å². The maximum absolute atomic E-state index is 6.19. The molecule has 2 aliphatic rings. The fourth-order valence-electron chi connectivity index (χ4n) is 2.94. The molecule has 3 heteroatoms. The van der Waals surface area contributed by atoms with E-state index in [1.807, 2.05) is 6.07 Å². The van der Waals surface area contributed by atoms with Crippen molar-refractivity contribution in [2.45, 2.75) is 31.8 Å². The average Bonchev–Trinajstić information content (AvgIpc) is 3.20. The summed E-state index contributed by atoms with van der Waals surface area (Å²) in [4.78, 5) is 0. The lowest BCUT2D eigenvalue weighted by molar-refractivity contribution is 0.358. The highest BCUT2D eigenvalue weighted by molar-refractivity contribution is 6.30. The van der Waals surface area contributed by atoms with Crippen molar-refractivity contribution in [2.24, 2.45) is 0 Å². The maximum Gasteiger partial charge on any atom is 0.130 e. The Bertz CT molecular complexity index is 679. The van der Waals surface area contributed by atoms with E-state index < -0.39 is 0 Å². The van der Waals surface area contributed by atoms with Gasteiger partial charge in [-0.15, -0.1) is 0 Å². The molecule has 108 valence electrons. The predicted octanol–water partition coefficient (Wildman–Crippen LogP) is 4.19. The highest BCUT2D eigenvalue weighted by atomic mass is 35.5. The van der Waals surface area contributed by atoms with Crippen molar-refractivity contribution in [1.82, 2.24) is 5.32 Å². The normalized spacial score (nSPS) is 16.6. The molecule has 1 fully saturated rings. The minimum Gasteiger partial charge on any atom is -0.492 e. The number of benzene rings is 2. The third kappa shape index (κ3) is 2.66. The van der Waals surface area contributed by atoms with Crippen molar-refractivity contribution >= 4 is 11.6 Å². The van der Waals surface area contributed by atoms with Crippen LogP contribution in [0.2, 0.25) is 5.02 Å². The third-order valence-corrected chi connectivity index (χ3v) is 4.47. The van der Waals surface area contributed by atoms with Gasteiger partial charge in [0.25, 0.3) is 0 Å². The van der Waals surface area contributed by atoms with Gasteiger partial charge in [0.15, 0.2) is 0 Å². The van der Waals surface area contributed by atoms with E-state index in [2.05, 4.69) is 35.6 Å². The molecule has 2 aromatic rings. The number of fused-ring (bicyclic) bond motifs is 1. The number of para-hydroxylation sites is 1. The highest BCUT2D eigenvalue weighted by Gasteiger charge is 2.22. The fourth-order valence-corrected chi connectivity index (χ4v) is 3.14. The van der Waals surface area contributed by atoms with Crippen LogP contribution < -0.4 is 10.1 Å². The molecule has 0 saturated heterocycles. The standard InChI is InChI=1S/C18H18ClNO/c19-14-4-7-16(13(10-14)11-20-15-5-6-15)17-3-1-2-12-8-9-21-18(12)17/h1-4,7,10,15,20H,5-6,8-9,11H2. The molecule has 21 heavy (non-hydrogen) atoms. The Labute approximate surface area is 130 Å². The van der Waals surface area contributed by atoms with E-state index in [1.54, 1.807) is 0 Å². The van der Waals surface area contributed by atoms with Gasteiger partial charge in [0, 0.05) is 29.6 Å². The molecule has 0 unspecified atom stereocenters. The lowest BCUT2D eigenvalue weighted by Gasteiger charge is -2.14. The van der Waals surface area contributed by atoms with Crippen LogP contribution in [0.1, 0.15) is 24.0 Å². The molecular weight excluding hydrogens is 282 g/mol. The van der Waals surface area contributed by atoms with Gasteiger partial charge in [-0.3, -0.25) is 0 Å². The number of hydrogen-bond acceptors (Lipinski definition) is 2. The fraction of sp³-hybridized carbons (Fsp3) is 0.333. The van der Waals surface area contributed by atoms with Gasteiger partial charge in [-0.05, 0) is 41.7 Å². The summed E-state index contributed by atoms with van der Waals surface area (Å²) in [6, 6.07) is 13.3. The molecule has 0 radical (unpaired) electrons. The highest BCUT2D eigenvalue weighted by Crippen LogP contribution is 2.39. The van der Waals surface area contributed by atoms with Crippen molar-refractivity contribution < 1.29 is 4.74 Å². The average molecular weight is 300 g/mol. The Morgan fingerprint density at radius 3 is 2.90 bits per heavy atom. The summed E-state index contributed by atoms with van der Waals surface area (Å²) in [5.74, 6) is 1.05. The number of hydrogen-bond donors (Lipinski definition) is 1. The molecule has 1 N–H and O–H groups in total. The van der Waals surface area contributed by atoms with Gasteiger partial charge < -0.3 is 10.1 Å². The first-order valence-corrected chi connectivity index (χ1v) is 7.96. The van der Waals surface area contributed by atoms with Crippen molar-refractivity contribution in [2.75, 3.05) is 6.61 Å². The van der Waals surface area contributed by atoms with Crippen LogP contribution in [0, 0.1) is 0 Å². The molecule has 0 atom stereocenters. The molecule has 1 heterocycles. The Hall–Kier alpha value is -1.51. The third-order valence-electron chi connectivity index (χ3n) is 4.23. The second-order valence-electron chi connectivity index (χ2n) is 5.85. The summed E-state index contributed by atoms with van der Waals surface area (Å²) < 4.78 is 5.85. The van der Waals surface area contributed by atoms with Crippen LogP contribution in [0.15, 0.2) is 36.4 Å². The van der Waals surface area contributed by atoms with E-state index in [1.165, 1.54) is 35.1 Å². The lowest BCUT2D eigenvalue weighted by atomic mass is 9.96. The largest absolute Gasteiger partial charge is 0.492 e. The van der Waals surface area contributed by atoms with Gasteiger partial charge in [0.1, 0.15) is 5.75 Å². The molecule has 1 aliphatic carbocycles.